The average molecular weight is 166 g/mol. The molecular weight excluding hydrogens is 153 g/mol. The summed E-state index contributed by atoms with van der Waals surface area (Å²) in [6.45, 7) is 3.97. The molecule has 0 aromatic heterocycles. The molecule has 0 amide bonds. The molecule has 1 saturated carbocycles. The standard InChI is InChI=1S/C8H13F3/c1-5(2)6-3-7(4-6)8(9,10)11/h5-7H,3-4H2,1-2H3/t6-,7-. The molecule has 1 rings (SSSR count). The fraction of sp³-hybridized carbons (Fsp3) is 1.00. The van der Waals surface area contributed by atoms with E-state index >= 15 is 0 Å². The van der Waals surface area contributed by atoms with Crippen molar-refractivity contribution in [1.82, 2.24) is 0 Å². The van der Waals surface area contributed by atoms with Crippen LogP contribution in [0.5, 0.6) is 0 Å². The van der Waals surface area contributed by atoms with Crippen molar-refractivity contribution >= 4 is 0 Å². The van der Waals surface area contributed by atoms with Crippen LogP contribution in [0.15, 0.2) is 0 Å². The topological polar surface area (TPSA) is 0 Å². The van der Waals surface area contributed by atoms with Crippen molar-refractivity contribution in [2.24, 2.45) is 17.8 Å². The molecule has 66 valence electrons. The van der Waals surface area contributed by atoms with E-state index in [1.54, 1.807) is 0 Å². The molecule has 0 aromatic carbocycles. The molecule has 0 saturated heterocycles. The number of hydrogen-bond acceptors (Lipinski definition) is 0. The third kappa shape index (κ3) is 1.88. The molecular formula is C8H13F3. The van der Waals surface area contributed by atoms with Crippen molar-refractivity contribution in [2.45, 2.75) is 32.9 Å². The minimum absolute atomic E-state index is 0.307. The second-order valence-electron chi connectivity index (χ2n) is 3.71. The van der Waals surface area contributed by atoms with E-state index in [0.29, 0.717) is 24.7 Å². The lowest BCUT2D eigenvalue weighted by molar-refractivity contribution is -0.207. The van der Waals surface area contributed by atoms with Crippen molar-refractivity contribution in [3.05, 3.63) is 0 Å². The lowest BCUT2D eigenvalue weighted by Crippen LogP contribution is -2.37. The van der Waals surface area contributed by atoms with Crippen LogP contribution in [0.25, 0.3) is 0 Å². The Balaban J connectivity index is 2.30. The Labute approximate surface area is 64.8 Å². The largest absolute Gasteiger partial charge is 0.391 e. The minimum atomic E-state index is -3.94. The molecule has 1 aliphatic carbocycles. The monoisotopic (exact) mass is 166 g/mol. The summed E-state index contributed by atoms with van der Waals surface area (Å²) in [6, 6.07) is 0. The first-order valence-electron chi connectivity index (χ1n) is 3.98. The molecule has 3 heteroatoms. The van der Waals surface area contributed by atoms with Crippen LogP contribution in [0.3, 0.4) is 0 Å². The molecule has 0 aliphatic heterocycles. The van der Waals surface area contributed by atoms with Gasteiger partial charge < -0.3 is 0 Å². The summed E-state index contributed by atoms with van der Waals surface area (Å²) in [5.74, 6) is -0.287. The molecule has 1 fully saturated rings. The van der Waals surface area contributed by atoms with E-state index in [9.17, 15) is 13.2 Å². The molecule has 0 radical (unpaired) electrons. The van der Waals surface area contributed by atoms with E-state index in [1.165, 1.54) is 0 Å². The van der Waals surface area contributed by atoms with Crippen molar-refractivity contribution in [1.29, 1.82) is 0 Å². The molecule has 0 atom stereocenters. The van der Waals surface area contributed by atoms with Crippen molar-refractivity contribution < 1.29 is 13.2 Å². The average Bonchev–Trinajstić information content (AvgIpc) is 1.51. The van der Waals surface area contributed by atoms with Crippen LogP contribution in [0.4, 0.5) is 13.2 Å². The number of halogens is 3. The predicted molar refractivity (Wildman–Crippen MR) is 37.1 cm³/mol. The van der Waals surface area contributed by atoms with Gasteiger partial charge in [-0.1, -0.05) is 13.8 Å². The summed E-state index contributed by atoms with van der Waals surface area (Å²) in [5, 5.41) is 0. The Morgan fingerprint density at radius 1 is 1.18 bits per heavy atom. The van der Waals surface area contributed by atoms with Gasteiger partial charge in [0.25, 0.3) is 0 Å². The Morgan fingerprint density at radius 2 is 1.64 bits per heavy atom. The van der Waals surface area contributed by atoms with Crippen LogP contribution in [0.1, 0.15) is 26.7 Å². The zero-order valence-electron chi connectivity index (χ0n) is 6.78. The van der Waals surface area contributed by atoms with Gasteiger partial charge in [0.1, 0.15) is 0 Å². The normalized spacial score (nSPS) is 32.2. The Bertz CT molecular complexity index is 131. The van der Waals surface area contributed by atoms with Gasteiger partial charge in [-0.15, -0.1) is 0 Å². The van der Waals surface area contributed by atoms with Crippen LogP contribution >= 0.6 is 0 Å². The molecule has 0 bridgehead atoms. The molecule has 0 aromatic rings. The quantitative estimate of drug-likeness (QED) is 0.561. The highest BCUT2D eigenvalue weighted by Gasteiger charge is 2.48. The van der Waals surface area contributed by atoms with Gasteiger partial charge in [0.15, 0.2) is 0 Å². The smallest absolute Gasteiger partial charge is 0.171 e. The first kappa shape index (κ1) is 8.88. The fourth-order valence-corrected chi connectivity index (χ4v) is 1.47. The third-order valence-corrected chi connectivity index (χ3v) is 2.58. The molecule has 0 heterocycles. The van der Waals surface area contributed by atoms with Gasteiger partial charge in [0, 0.05) is 0 Å². The molecule has 0 N–H and O–H groups in total. The number of rotatable bonds is 1. The fourth-order valence-electron chi connectivity index (χ4n) is 1.47. The van der Waals surface area contributed by atoms with Gasteiger partial charge in [0.05, 0.1) is 5.92 Å². The van der Waals surface area contributed by atoms with Gasteiger partial charge in [-0.3, -0.25) is 0 Å². The van der Waals surface area contributed by atoms with Crippen LogP contribution in [-0.2, 0) is 0 Å². The van der Waals surface area contributed by atoms with Crippen LogP contribution in [0.2, 0.25) is 0 Å². The highest BCUT2D eigenvalue weighted by molar-refractivity contribution is 4.85. The number of hydrogen-bond donors (Lipinski definition) is 0. The summed E-state index contributed by atoms with van der Waals surface area (Å²) >= 11 is 0. The van der Waals surface area contributed by atoms with Gasteiger partial charge in [0.2, 0.25) is 0 Å². The summed E-state index contributed by atoms with van der Waals surface area (Å²) in [6.07, 6.45) is -3.24. The minimum Gasteiger partial charge on any atom is -0.171 e. The Morgan fingerprint density at radius 3 is 1.91 bits per heavy atom. The van der Waals surface area contributed by atoms with Gasteiger partial charge in [-0.2, -0.15) is 13.2 Å². The SMILES string of the molecule is CC(C)[C@H]1C[C@H](C(F)(F)F)C1. The second-order valence-corrected chi connectivity index (χ2v) is 3.71. The second kappa shape index (κ2) is 2.68. The third-order valence-electron chi connectivity index (χ3n) is 2.58. The van der Waals surface area contributed by atoms with Crippen molar-refractivity contribution in [3.8, 4) is 0 Å². The van der Waals surface area contributed by atoms with Gasteiger partial charge in [-0.25, -0.2) is 0 Å². The Kier molecular flexibility index (Phi) is 2.17. The molecule has 0 spiro atoms. The van der Waals surface area contributed by atoms with Crippen LogP contribution < -0.4 is 0 Å². The zero-order chi connectivity index (χ0) is 8.65. The zero-order valence-corrected chi connectivity index (χ0v) is 6.78. The molecule has 1 aliphatic rings. The Hall–Kier alpha value is -0.210. The molecule has 11 heavy (non-hydrogen) atoms. The summed E-state index contributed by atoms with van der Waals surface area (Å²) < 4.78 is 35.8. The van der Waals surface area contributed by atoms with Crippen LogP contribution in [-0.4, -0.2) is 6.18 Å². The molecule has 0 unspecified atom stereocenters. The van der Waals surface area contributed by atoms with E-state index in [2.05, 4.69) is 0 Å². The maximum Gasteiger partial charge on any atom is 0.391 e. The first-order chi connectivity index (χ1) is 4.91. The number of alkyl halides is 3. The van der Waals surface area contributed by atoms with Crippen molar-refractivity contribution in [3.63, 3.8) is 0 Å². The van der Waals surface area contributed by atoms with Crippen LogP contribution in [0, 0.1) is 17.8 Å². The van der Waals surface area contributed by atoms with Gasteiger partial charge in [-0.05, 0) is 24.7 Å². The van der Waals surface area contributed by atoms with Gasteiger partial charge >= 0.3 is 6.18 Å². The maximum absolute atomic E-state index is 11.9. The van der Waals surface area contributed by atoms with E-state index in [1.807, 2.05) is 13.8 Å². The molecule has 0 nitrogen and oxygen atoms in total. The summed E-state index contributed by atoms with van der Waals surface area (Å²) in [7, 11) is 0. The van der Waals surface area contributed by atoms with Crippen molar-refractivity contribution in [2.75, 3.05) is 0 Å². The maximum atomic E-state index is 11.9. The summed E-state index contributed by atoms with van der Waals surface area (Å²) in [5.41, 5.74) is 0. The summed E-state index contributed by atoms with van der Waals surface area (Å²) in [4.78, 5) is 0. The highest BCUT2D eigenvalue weighted by Crippen LogP contribution is 2.47. The lowest BCUT2D eigenvalue weighted by atomic mass is 9.69. The van der Waals surface area contributed by atoms with E-state index in [4.69, 9.17) is 0 Å². The lowest BCUT2D eigenvalue weighted by Gasteiger charge is -2.38. The highest BCUT2D eigenvalue weighted by atomic mass is 19.4. The van der Waals surface area contributed by atoms with E-state index in [-0.39, 0.29) is 0 Å². The first-order valence-corrected chi connectivity index (χ1v) is 3.98. The van der Waals surface area contributed by atoms with E-state index < -0.39 is 12.1 Å². The predicted octanol–water partition coefficient (Wildman–Crippen LogP) is 3.23. The van der Waals surface area contributed by atoms with E-state index in [0.717, 1.165) is 0 Å².